The van der Waals surface area contributed by atoms with Gasteiger partial charge in [0.05, 0.1) is 0 Å². The normalized spacial score (nSPS) is 10.3. The van der Waals surface area contributed by atoms with Crippen LogP contribution in [0.3, 0.4) is 0 Å². The monoisotopic (exact) mass is 264 g/mol. The van der Waals surface area contributed by atoms with E-state index in [1.807, 2.05) is 6.92 Å². The zero-order chi connectivity index (χ0) is 14.1. The molecule has 0 fully saturated rings. The minimum Gasteiger partial charge on any atom is -0.354 e. The van der Waals surface area contributed by atoms with Gasteiger partial charge in [0, 0.05) is 18.8 Å². The summed E-state index contributed by atoms with van der Waals surface area (Å²) in [4.78, 5) is 20.5. The average Bonchev–Trinajstić information content (AvgIpc) is 2.40. The first-order chi connectivity index (χ1) is 9.17. The van der Waals surface area contributed by atoms with Crippen molar-refractivity contribution in [3.8, 4) is 0 Å². The van der Waals surface area contributed by atoms with Crippen molar-refractivity contribution in [2.75, 3.05) is 18.4 Å². The average molecular weight is 264 g/mol. The van der Waals surface area contributed by atoms with E-state index in [0.717, 1.165) is 37.9 Å². The van der Waals surface area contributed by atoms with Crippen molar-refractivity contribution in [2.45, 2.75) is 46.5 Å². The Morgan fingerprint density at radius 1 is 1.16 bits per heavy atom. The molecule has 0 aromatic carbocycles. The molecule has 0 atom stereocenters. The summed E-state index contributed by atoms with van der Waals surface area (Å²) in [6, 6.07) is 1.71. The molecule has 19 heavy (non-hydrogen) atoms. The van der Waals surface area contributed by atoms with E-state index in [-0.39, 0.29) is 5.91 Å². The number of nitrogens with zero attached hydrogens (tertiary/aromatic N) is 2. The molecule has 0 aliphatic carbocycles. The van der Waals surface area contributed by atoms with Crippen molar-refractivity contribution in [2.24, 2.45) is 0 Å². The van der Waals surface area contributed by atoms with Gasteiger partial charge < -0.3 is 10.6 Å². The lowest BCUT2D eigenvalue weighted by atomic mass is 10.2. The van der Waals surface area contributed by atoms with Crippen LogP contribution in [0.2, 0.25) is 0 Å². The van der Waals surface area contributed by atoms with Crippen molar-refractivity contribution in [3.63, 3.8) is 0 Å². The second-order valence-corrected chi connectivity index (χ2v) is 4.61. The van der Waals surface area contributed by atoms with Crippen LogP contribution in [0.1, 0.15) is 55.7 Å². The Morgan fingerprint density at radius 2 is 1.95 bits per heavy atom. The SMILES string of the molecule is CCCCCNC(=O)c1cc(C)nc(NCCC)n1. The third-order valence-electron chi connectivity index (χ3n) is 2.69. The molecule has 0 saturated heterocycles. The summed E-state index contributed by atoms with van der Waals surface area (Å²) in [5.41, 5.74) is 1.23. The van der Waals surface area contributed by atoms with Gasteiger partial charge in [-0.1, -0.05) is 26.7 Å². The van der Waals surface area contributed by atoms with Crippen LogP contribution in [-0.4, -0.2) is 29.0 Å². The third kappa shape index (κ3) is 5.68. The topological polar surface area (TPSA) is 66.9 Å². The standard InChI is InChI=1S/C14H24N4O/c1-4-6-7-9-15-13(19)12-10-11(3)17-14(18-12)16-8-5-2/h10H,4-9H2,1-3H3,(H,15,19)(H,16,17,18). The number of unbranched alkanes of at least 4 members (excludes halogenated alkanes) is 2. The molecule has 5 nitrogen and oxygen atoms in total. The Bertz CT molecular complexity index is 406. The van der Waals surface area contributed by atoms with E-state index in [2.05, 4.69) is 34.4 Å². The number of rotatable bonds is 8. The summed E-state index contributed by atoms with van der Waals surface area (Å²) < 4.78 is 0. The molecular formula is C14H24N4O. The Kier molecular flexibility index (Phi) is 6.85. The van der Waals surface area contributed by atoms with Crippen LogP contribution in [0.4, 0.5) is 5.95 Å². The summed E-state index contributed by atoms with van der Waals surface area (Å²) >= 11 is 0. The summed E-state index contributed by atoms with van der Waals surface area (Å²) in [5, 5.41) is 5.99. The van der Waals surface area contributed by atoms with Crippen molar-refractivity contribution in [1.82, 2.24) is 15.3 Å². The van der Waals surface area contributed by atoms with Crippen LogP contribution in [-0.2, 0) is 0 Å². The molecule has 0 radical (unpaired) electrons. The minimum absolute atomic E-state index is 0.124. The van der Waals surface area contributed by atoms with Gasteiger partial charge >= 0.3 is 0 Å². The molecule has 1 rings (SSSR count). The summed E-state index contributed by atoms with van der Waals surface area (Å²) in [6.07, 6.45) is 4.28. The first kappa shape index (κ1) is 15.4. The van der Waals surface area contributed by atoms with Gasteiger partial charge in [0.1, 0.15) is 5.69 Å². The van der Waals surface area contributed by atoms with E-state index in [1.54, 1.807) is 6.07 Å². The highest BCUT2D eigenvalue weighted by atomic mass is 16.1. The van der Waals surface area contributed by atoms with E-state index >= 15 is 0 Å². The Labute approximate surface area is 115 Å². The molecule has 2 N–H and O–H groups in total. The maximum atomic E-state index is 12.0. The number of hydrogen-bond acceptors (Lipinski definition) is 4. The molecule has 1 aromatic heterocycles. The molecule has 0 saturated carbocycles. The van der Waals surface area contributed by atoms with Crippen LogP contribution in [0, 0.1) is 6.92 Å². The highest BCUT2D eigenvalue weighted by molar-refractivity contribution is 5.92. The van der Waals surface area contributed by atoms with Gasteiger partial charge in [-0.05, 0) is 25.8 Å². The van der Waals surface area contributed by atoms with Gasteiger partial charge in [-0.2, -0.15) is 0 Å². The number of hydrogen-bond donors (Lipinski definition) is 2. The number of carbonyl (C=O) groups excluding carboxylic acids is 1. The molecule has 0 spiro atoms. The zero-order valence-electron chi connectivity index (χ0n) is 12.1. The first-order valence-electron chi connectivity index (χ1n) is 7.05. The van der Waals surface area contributed by atoms with Crippen LogP contribution in [0.15, 0.2) is 6.07 Å². The molecule has 0 aliphatic heterocycles. The number of anilines is 1. The lowest BCUT2D eigenvalue weighted by molar-refractivity contribution is 0.0948. The first-order valence-corrected chi connectivity index (χ1v) is 7.05. The van der Waals surface area contributed by atoms with E-state index in [9.17, 15) is 4.79 Å². The molecule has 1 heterocycles. The second kappa shape index (κ2) is 8.45. The maximum Gasteiger partial charge on any atom is 0.270 e. The van der Waals surface area contributed by atoms with Crippen molar-refractivity contribution < 1.29 is 4.79 Å². The molecule has 0 unspecified atom stereocenters. The van der Waals surface area contributed by atoms with Crippen molar-refractivity contribution in [3.05, 3.63) is 17.5 Å². The van der Waals surface area contributed by atoms with E-state index in [1.165, 1.54) is 0 Å². The van der Waals surface area contributed by atoms with E-state index in [0.29, 0.717) is 18.2 Å². The van der Waals surface area contributed by atoms with E-state index in [4.69, 9.17) is 0 Å². The lowest BCUT2D eigenvalue weighted by Crippen LogP contribution is -2.26. The summed E-state index contributed by atoms with van der Waals surface area (Å²) in [6.45, 7) is 7.59. The Morgan fingerprint density at radius 3 is 2.63 bits per heavy atom. The van der Waals surface area contributed by atoms with Gasteiger partial charge in [0.25, 0.3) is 5.91 Å². The highest BCUT2D eigenvalue weighted by Crippen LogP contribution is 2.05. The van der Waals surface area contributed by atoms with Crippen molar-refractivity contribution in [1.29, 1.82) is 0 Å². The predicted octanol–water partition coefficient (Wildman–Crippen LogP) is 2.53. The second-order valence-electron chi connectivity index (χ2n) is 4.61. The van der Waals surface area contributed by atoms with Gasteiger partial charge in [0.15, 0.2) is 0 Å². The largest absolute Gasteiger partial charge is 0.354 e. The quantitative estimate of drug-likeness (QED) is 0.708. The van der Waals surface area contributed by atoms with Crippen LogP contribution in [0.5, 0.6) is 0 Å². The zero-order valence-corrected chi connectivity index (χ0v) is 12.1. The number of aromatic nitrogens is 2. The highest BCUT2D eigenvalue weighted by Gasteiger charge is 2.09. The van der Waals surface area contributed by atoms with E-state index < -0.39 is 0 Å². The van der Waals surface area contributed by atoms with Crippen molar-refractivity contribution >= 4 is 11.9 Å². The maximum absolute atomic E-state index is 12.0. The number of amides is 1. The molecule has 0 bridgehead atoms. The van der Waals surface area contributed by atoms with Crippen LogP contribution < -0.4 is 10.6 Å². The van der Waals surface area contributed by atoms with Gasteiger partial charge in [-0.15, -0.1) is 0 Å². The molecular weight excluding hydrogens is 240 g/mol. The van der Waals surface area contributed by atoms with Crippen LogP contribution >= 0.6 is 0 Å². The number of nitrogens with one attached hydrogen (secondary N) is 2. The predicted molar refractivity (Wildman–Crippen MR) is 77.4 cm³/mol. The fraction of sp³-hybridized carbons (Fsp3) is 0.643. The Hall–Kier alpha value is -1.65. The minimum atomic E-state index is -0.124. The molecule has 0 aliphatic rings. The molecule has 5 heteroatoms. The molecule has 106 valence electrons. The fourth-order valence-electron chi connectivity index (χ4n) is 1.67. The summed E-state index contributed by atoms with van der Waals surface area (Å²) in [5.74, 6) is 0.404. The summed E-state index contributed by atoms with van der Waals surface area (Å²) in [7, 11) is 0. The van der Waals surface area contributed by atoms with Crippen LogP contribution in [0.25, 0.3) is 0 Å². The number of aryl methyl sites for hydroxylation is 1. The molecule has 1 aromatic rings. The third-order valence-corrected chi connectivity index (χ3v) is 2.69. The lowest BCUT2D eigenvalue weighted by Gasteiger charge is -2.08. The number of carbonyl (C=O) groups is 1. The smallest absolute Gasteiger partial charge is 0.270 e. The fourth-order valence-corrected chi connectivity index (χ4v) is 1.67. The van der Waals surface area contributed by atoms with Gasteiger partial charge in [0.2, 0.25) is 5.95 Å². The molecule has 1 amide bonds. The van der Waals surface area contributed by atoms with Gasteiger partial charge in [-0.25, -0.2) is 9.97 Å². The Balaban J connectivity index is 2.60. The van der Waals surface area contributed by atoms with Gasteiger partial charge in [-0.3, -0.25) is 4.79 Å².